The van der Waals surface area contributed by atoms with Gasteiger partial charge in [0.1, 0.15) is 11.2 Å². The van der Waals surface area contributed by atoms with Gasteiger partial charge < -0.3 is 18.5 Å². The Balaban J connectivity index is 1.05. The van der Waals surface area contributed by atoms with E-state index in [-0.39, 0.29) is 58.1 Å². The minimum atomic E-state index is -0.494. The Kier molecular flexibility index (Phi) is 8.63. The molecule has 4 nitrogen and oxygen atoms in total. The smallest absolute Gasteiger partial charge is 0.249 e. The lowest BCUT2D eigenvalue weighted by Gasteiger charge is -2.42. The lowest BCUT2D eigenvalue weighted by Crippen LogP contribution is -2.60. The number of rotatable bonds is 6. The second-order valence-electron chi connectivity index (χ2n) is 22.6. The van der Waals surface area contributed by atoms with E-state index in [1.807, 2.05) is 36.4 Å². The third-order valence-corrected chi connectivity index (χ3v) is 18.1. The number of hydrogen-bond acceptors (Lipinski definition) is 3. The molecule has 5 heterocycles. The molecular weight excluding hydrogens is 1010 g/mol. The molecule has 82 heavy (non-hydrogen) atoms. The van der Waals surface area contributed by atoms with Crippen molar-refractivity contribution in [3.05, 3.63) is 266 Å². The van der Waals surface area contributed by atoms with Crippen molar-refractivity contribution in [2.24, 2.45) is 0 Å². The zero-order valence-corrected chi connectivity index (χ0v) is 45.8. The van der Waals surface area contributed by atoms with Crippen molar-refractivity contribution >= 4 is 117 Å². The molecule has 0 atom stereocenters. The summed E-state index contributed by atoms with van der Waals surface area (Å²) in [6.45, 7) is 6.37. The maximum Gasteiger partial charge on any atom is 0.249 e. The first-order chi connectivity index (χ1) is 43.6. The summed E-state index contributed by atoms with van der Waals surface area (Å²) in [5.41, 5.74) is 18.0. The normalized spacial score (nSPS) is 14.3. The van der Waals surface area contributed by atoms with Gasteiger partial charge in [-0.25, -0.2) is 0 Å². The number of fused-ring (bicyclic) bond motifs is 14. The molecule has 15 aromatic rings. The van der Waals surface area contributed by atoms with Crippen molar-refractivity contribution in [2.45, 2.75) is 36.0 Å². The number of benzene rings is 12. The van der Waals surface area contributed by atoms with Gasteiger partial charge in [-0.05, 0) is 129 Å². The third-order valence-electron chi connectivity index (χ3n) is 16.9. The first-order valence-electron chi connectivity index (χ1n) is 31.8. The van der Waals surface area contributed by atoms with Gasteiger partial charge in [-0.3, -0.25) is 0 Å². The molecule has 0 fully saturated rings. The Bertz CT molecular complexity index is 5480. The predicted molar refractivity (Wildman–Crippen MR) is 347 cm³/mol. The Morgan fingerprint density at radius 2 is 1.02 bits per heavy atom. The van der Waals surface area contributed by atoms with Gasteiger partial charge >= 0.3 is 0 Å². The number of nitrogens with zero attached hydrogens (tertiary/aromatic N) is 3. The van der Waals surface area contributed by atoms with Crippen molar-refractivity contribution in [3.63, 3.8) is 0 Å². The fraction of sp³-hybridized carbons (Fsp3) is 0.0526. The molecule has 0 saturated carbocycles. The minimum absolute atomic E-state index is 0.0167. The monoisotopic (exact) mass is 1070 g/mol. The lowest BCUT2D eigenvalue weighted by molar-refractivity contribution is 0.591. The fourth-order valence-electron chi connectivity index (χ4n) is 13.2. The molecular formula is C76H52BN3OS. The summed E-state index contributed by atoms with van der Waals surface area (Å²) in [6, 6.07) is 71.6. The van der Waals surface area contributed by atoms with Gasteiger partial charge in [-0.1, -0.05) is 214 Å². The molecule has 0 spiro atoms. The van der Waals surface area contributed by atoms with E-state index in [1.165, 1.54) is 0 Å². The van der Waals surface area contributed by atoms with Crippen molar-refractivity contribution < 1.29 is 15.4 Å². The number of para-hydroxylation sites is 5. The van der Waals surface area contributed by atoms with Crippen LogP contribution in [0, 0.1) is 0 Å². The number of furan rings is 1. The Morgan fingerprint density at radius 1 is 0.439 bits per heavy atom. The standard InChI is InChI=1S/C76H52BN3OS/c1-76(2,3)51-43-58(47-21-7-4-8-22-47)74(59(44-51)48-23-9-5-10-24-48)80-67-42-50(49-36-39-66-60(41-49)56-29-15-19-33-65(56)78(66)52-25-11-6-12-26-52)35-37-61(67)77-62-38-40-70-72(57-30-16-20-34-69(57)81-70)75(62)82-71-46-53(45-68(80)73(71)77)79-63-31-17-13-27-54(63)55-28-14-18-32-64(55)79/h4-46H,1-3H3/i13D,14D,17D,18D,27D,28D,31D,32D. The van der Waals surface area contributed by atoms with Crippen LogP contribution in [0.5, 0.6) is 0 Å². The Labute approximate surface area is 491 Å². The van der Waals surface area contributed by atoms with Gasteiger partial charge in [-0.2, -0.15) is 0 Å². The van der Waals surface area contributed by atoms with Gasteiger partial charge in [0, 0.05) is 76.0 Å². The van der Waals surface area contributed by atoms with E-state index in [1.54, 1.807) is 16.3 Å². The highest BCUT2D eigenvalue weighted by Crippen LogP contribution is 2.53. The summed E-state index contributed by atoms with van der Waals surface area (Å²) < 4.78 is 85.4. The van der Waals surface area contributed by atoms with Crippen LogP contribution in [0.3, 0.4) is 0 Å². The highest BCUT2D eigenvalue weighted by molar-refractivity contribution is 8.00. The maximum absolute atomic E-state index is 9.75. The van der Waals surface area contributed by atoms with E-state index in [4.69, 9.17) is 7.16 Å². The molecule has 0 unspecified atom stereocenters. The van der Waals surface area contributed by atoms with E-state index in [0.29, 0.717) is 5.69 Å². The van der Waals surface area contributed by atoms with Crippen LogP contribution in [0.4, 0.5) is 17.1 Å². The largest absolute Gasteiger partial charge is 0.456 e. The van der Waals surface area contributed by atoms with E-state index >= 15 is 0 Å². The average molecular weight is 1070 g/mol. The number of anilines is 3. The molecule has 3 aromatic heterocycles. The summed E-state index contributed by atoms with van der Waals surface area (Å²) in [6.07, 6.45) is 0. The van der Waals surface area contributed by atoms with Crippen LogP contribution < -0.4 is 21.3 Å². The third kappa shape index (κ3) is 7.01. The molecule has 0 aliphatic carbocycles. The topological polar surface area (TPSA) is 26.2 Å². The van der Waals surface area contributed by atoms with Crippen LogP contribution in [0.1, 0.15) is 37.3 Å². The van der Waals surface area contributed by atoms with Crippen molar-refractivity contribution in [3.8, 4) is 44.8 Å². The van der Waals surface area contributed by atoms with E-state index in [0.717, 1.165) is 132 Å². The molecule has 2 aliphatic heterocycles. The fourth-order valence-corrected chi connectivity index (χ4v) is 14.6. The van der Waals surface area contributed by atoms with E-state index in [2.05, 4.69) is 206 Å². The summed E-state index contributed by atoms with van der Waals surface area (Å²) >= 11 is 1.62. The highest BCUT2D eigenvalue weighted by atomic mass is 32.2. The van der Waals surface area contributed by atoms with Crippen LogP contribution in [0.2, 0.25) is 0 Å². The van der Waals surface area contributed by atoms with Crippen molar-refractivity contribution in [1.29, 1.82) is 0 Å². The molecule has 17 rings (SSSR count). The predicted octanol–water partition coefficient (Wildman–Crippen LogP) is 18.8. The zero-order valence-electron chi connectivity index (χ0n) is 52.9. The first kappa shape index (κ1) is 39.6. The SMILES string of the molecule is [2H]c1c([2H])c([2H])c2c(c1[2H])c1c([2H])c([2H])c([2H])c([2H])c1n2-c1cc2c3c(c1)N(c1c(-c4ccccc4)cc(C(C)(C)C)cc1-c1ccccc1)c1cc(-c4ccc5c(c4)c4ccccc4n5-c4ccccc4)ccc1B3c1ccc3oc4ccccc4c3c1S2. The van der Waals surface area contributed by atoms with Crippen molar-refractivity contribution in [1.82, 2.24) is 9.13 Å². The van der Waals surface area contributed by atoms with Gasteiger partial charge in [0.15, 0.2) is 0 Å². The summed E-state index contributed by atoms with van der Waals surface area (Å²) in [5.74, 6) is 0. The van der Waals surface area contributed by atoms with Gasteiger partial charge in [0.25, 0.3) is 0 Å². The Hall–Kier alpha value is -9.75. The summed E-state index contributed by atoms with van der Waals surface area (Å²) in [4.78, 5) is 4.30. The van der Waals surface area contributed by atoms with Crippen LogP contribution in [0.25, 0.3) is 110 Å². The number of hydrogen-bond donors (Lipinski definition) is 0. The van der Waals surface area contributed by atoms with Crippen LogP contribution in [0.15, 0.2) is 275 Å². The van der Waals surface area contributed by atoms with Crippen molar-refractivity contribution in [2.75, 3.05) is 4.90 Å². The van der Waals surface area contributed by atoms with Crippen LogP contribution in [-0.4, -0.2) is 15.8 Å². The lowest BCUT2D eigenvalue weighted by atomic mass is 9.34. The number of aromatic nitrogens is 2. The van der Waals surface area contributed by atoms with Crippen LogP contribution in [-0.2, 0) is 5.41 Å². The molecule has 6 heteroatoms. The molecule has 2 aliphatic rings. The second-order valence-corrected chi connectivity index (χ2v) is 23.6. The maximum atomic E-state index is 9.75. The van der Waals surface area contributed by atoms with Gasteiger partial charge in [0.05, 0.1) is 38.7 Å². The minimum Gasteiger partial charge on any atom is -0.456 e. The highest BCUT2D eigenvalue weighted by Gasteiger charge is 2.44. The average Bonchev–Trinajstić information content (AvgIpc) is 1.16. The van der Waals surface area contributed by atoms with Gasteiger partial charge in [0.2, 0.25) is 6.71 Å². The summed E-state index contributed by atoms with van der Waals surface area (Å²) in [7, 11) is 0. The Morgan fingerprint density at radius 3 is 1.73 bits per heavy atom. The summed E-state index contributed by atoms with van der Waals surface area (Å²) in [5, 5.41) is 4.24. The molecule has 12 aromatic carbocycles. The quantitative estimate of drug-likeness (QED) is 0.155. The molecule has 0 bridgehead atoms. The molecule has 0 saturated heterocycles. The second kappa shape index (κ2) is 17.9. The van der Waals surface area contributed by atoms with Crippen LogP contribution >= 0.6 is 11.8 Å². The molecule has 0 N–H and O–H groups in total. The van der Waals surface area contributed by atoms with E-state index < -0.39 is 24.2 Å². The molecule has 386 valence electrons. The molecule has 0 amide bonds. The molecule has 0 radical (unpaired) electrons. The van der Waals surface area contributed by atoms with Gasteiger partial charge in [-0.15, -0.1) is 0 Å². The zero-order chi connectivity index (χ0) is 61.3. The first-order valence-corrected chi connectivity index (χ1v) is 28.6. The van der Waals surface area contributed by atoms with E-state index in [9.17, 15) is 8.22 Å².